The molecule has 2 aliphatic rings. The van der Waals surface area contributed by atoms with E-state index in [0.717, 1.165) is 5.02 Å². The Labute approximate surface area is 95.8 Å². The second kappa shape index (κ2) is 3.50. The summed E-state index contributed by atoms with van der Waals surface area (Å²) in [6.45, 7) is 2.37. The zero-order chi connectivity index (χ0) is 10.3. The fourth-order valence-corrected chi connectivity index (χ4v) is 3.28. The van der Waals surface area contributed by atoms with E-state index >= 15 is 0 Å². The summed E-state index contributed by atoms with van der Waals surface area (Å²) in [6.07, 6.45) is 4.01. The van der Waals surface area contributed by atoms with Crippen LogP contribution in [0.25, 0.3) is 0 Å². The first kappa shape index (κ1) is 9.68. The predicted molar refractivity (Wildman–Crippen MR) is 63.3 cm³/mol. The van der Waals surface area contributed by atoms with Crippen LogP contribution in [-0.4, -0.2) is 13.1 Å². The first-order valence-corrected chi connectivity index (χ1v) is 6.15. The molecular formula is C13H16ClN. The lowest BCUT2D eigenvalue weighted by atomic mass is 9.91. The number of hydrogen-bond donors (Lipinski definition) is 1. The van der Waals surface area contributed by atoms with E-state index in [4.69, 9.17) is 11.6 Å². The van der Waals surface area contributed by atoms with Crippen LogP contribution in [0.15, 0.2) is 24.3 Å². The molecule has 2 fully saturated rings. The van der Waals surface area contributed by atoms with Gasteiger partial charge in [-0.2, -0.15) is 0 Å². The van der Waals surface area contributed by atoms with Crippen LogP contribution in [0.5, 0.6) is 0 Å². The molecule has 1 spiro atoms. The predicted octanol–water partition coefficient (Wildman–Crippen LogP) is 3.20. The molecule has 1 aromatic rings. The molecule has 2 atom stereocenters. The zero-order valence-corrected chi connectivity index (χ0v) is 9.56. The number of benzene rings is 1. The Balaban J connectivity index is 1.84. The fraction of sp³-hybridized carbons (Fsp3) is 0.538. The van der Waals surface area contributed by atoms with E-state index < -0.39 is 0 Å². The maximum absolute atomic E-state index is 6.24. The summed E-state index contributed by atoms with van der Waals surface area (Å²) in [5, 5.41) is 4.46. The van der Waals surface area contributed by atoms with Crippen molar-refractivity contribution < 1.29 is 0 Å². The van der Waals surface area contributed by atoms with Crippen LogP contribution in [0.2, 0.25) is 5.02 Å². The van der Waals surface area contributed by atoms with Crippen molar-refractivity contribution in [2.24, 2.45) is 5.41 Å². The number of piperidine rings is 1. The van der Waals surface area contributed by atoms with Gasteiger partial charge in [0.05, 0.1) is 0 Å². The Morgan fingerprint density at radius 3 is 2.93 bits per heavy atom. The Kier molecular flexibility index (Phi) is 2.26. The lowest BCUT2D eigenvalue weighted by molar-refractivity contribution is 0.347. The minimum atomic E-state index is 0.545. The van der Waals surface area contributed by atoms with E-state index in [1.807, 2.05) is 12.1 Å². The highest BCUT2D eigenvalue weighted by Gasteiger charge is 2.54. The summed E-state index contributed by atoms with van der Waals surface area (Å²) in [5.41, 5.74) is 1.91. The number of nitrogens with one attached hydrogen (secondary N) is 1. The highest BCUT2D eigenvalue weighted by Crippen LogP contribution is 2.63. The van der Waals surface area contributed by atoms with Crippen LogP contribution < -0.4 is 5.32 Å². The summed E-state index contributed by atoms with van der Waals surface area (Å²) < 4.78 is 0. The van der Waals surface area contributed by atoms with Gasteiger partial charge in [-0.15, -0.1) is 0 Å². The van der Waals surface area contributed by atoms with Gasteiger partial charge in [0.25, 0.3) is 0 Å². The van der Waals surface area contributed by atoms with Gasteiger partial charge >= 0.3 is 0 Å². The molecule has 1 heterocycles. The Morgan fingerprint density at radius 2 is 2.20 bits per heavy atom. The normalized spacial score (nSPS) is 34.3. The minimum Gasteiger partial charge on any atom is -0.316 e. The Morgan fingerprint density at radius 1 is 1.33 bits per heavy atom. The third-order valence-corrected chi connectivity index (χ3v) is 4.32. The second-order valence-electron chi connectivity index (χ2n) is 4.92. The van der Waals surface area contributed by atoms with Crippen molar-refractivity contribution in [3.63, 3.8) is 0 Å². The molecule has 1 aromatic carbocycles. The Hall–Kier alpha value is -0.530. The van der Waals surface area contributed by atoms with Crippen LogP contribution in [0.4, 0.5) is 0 Å². The highest BCUT2D eigenvalue weighted by molar-refractivity contribution is 6.31. The molecule has 2 heteroatoms. The van der Waals surface area contributed by atoms with Crippen LogP contribution in [0, 0.1) is 5.41 Å². The molecule has 0 radical (unpaired) electrons. The Bertz CT molecular complexity index is 369. The molecule has 2 unspecified atom stereocenters. The average Bonchev–Trinajstić information content (AvgIpc) is 2.94. The van der Waals surface area contributed by atoms with Gasteiger partial charge in [-0.05, 0) is 48.8 Å². The summed E-state index contributed by atoms with van der Waals surface area (Å²) in [5.74, 6) is 0.707. The summed E-state index contributed by atoms with van der Waals surface area (Å²) in [6, 6.07) is 8.32. The first-order chi connectivity index (χ1) is 7.32. The molecule has 1 aliphatic carbocycles. The average molecular weight is 222 g/mol. The van der Waals surface area contributed by atoms with Crippen molar-refractivity contribution >= 4 is 11.6 Å². The van der Waals surface area contributed by atoms with Crippen molar-refractivity contribution in [3.05, 3.63) is 34.9 Å². The molecule has 0 aromatic heterocycles. The number of rotatable bonds is 1. The van der Waals surface area contributed by atoms with Crippen LogP contribution in [0.1, 0.15) is 30.7 Å². The lowest BCUT2D eigenvalue weighted by Crippen LogP contribution is -2.31. The molecule has 1 aliphatic heterocycles. The SMILES string of the molecule is Clc1ccccc1C1CC12CCCNC2. The van der Waals surface area contributed by atoms with E-state index in [2.05, 4.69) is 17.4 Å². The van der Waals surface area contributed by atoms with Crippen LogP contribution in [0.3, 0.4) is 0 Å². The summed E-state index contributed by atoms with van der Waals surface area (Å²) in [7, 11) is 0. The van der Waals surface area contributed by atoms with Crippen LogP contribution in [-0.2, 0) is 0 Å². The van der Waals surface area contributed by atoms with E-state index in [1.165, 1.54) is 37.9 Å². The molecule has 3 rings (SSSR count). The molecule has 1 saturated carbocycles. The molecular weight excluding hydrogens is 206 g/mol. The molecule has 0 amide bonds. The molecule has 0 bridgehead atoms. The second-order valence-corrected chi connectivity index (χ2v) is 5.33. The molecule has 15 heavy (non-hydrogen) atoms. The van der Waals surface area contributed by atoms with E-state index in [1.54, 1.807) is 0 Å². The number of hydrogen-bond acceptors (Lipinski definition) is 1. The maximum atomic E-state index is 6.24. The molecule has 1 saturated heterocycles. The van der Waals surface area contributed by atoms with Crippen LogP contribution >= 0.6 is 11.6 Å². The topological polar surface area (TPSA) is 12.0 Å². The molecule has 1 N–H and O–H groups in total. The van der Waals surface area contributed by atoms with Gasteiger partial charge < -0.3 is 5.32 Å². The number of halogens is 1. The van der Waals surface area contributed by atoms with Gasteiger partial charge in [0.2, 0.25) is 0 Å². The van der Waals surface area contributed by atoms with Gasteiger partial charge in [0.15, 0.2) is 0 Å². The van der Waals surface area contributed by atoms with Crippen molar-refractivity contribution in [2.45, 2.75) is 25.2 Å². The van der Waals surface area contributed by atoms with Crippen molar-refractivity contribution in [2.75, 3.05) is 13.1 Å². The third-order valence-electron chi connectivity index (χ3n) is 3.98. The third kappa shape index (κ3) is 1.58. The largest absolute Gasteiger partial charge is 0.316 e. The summed E-state index contributed by atoms with van der Waals surface area (Å²) in [4.78, 5) is 0. The quantitative estimate of drug-likeness (QED) is 0.768. The molecule has 1 nitrogen and oxygen atoms in total. The van der Waals surface area contributed by atoms with E-state index in [-0.39, 0.29) is 0 Å². The van der Waals surface area contributed by atoms with Gasteiger partial charge in [-0.3, -0.25) is 0 Å². The zero-order valence-electron chi connectivity index (χ0n) is 8.80. The van der Waals surface area contributed by atoms with Crippen molar-refractivity contribution in [3.8, 4) is 0 Å². The standard InChI is InChI=1S/C13H16ClN/c14-12-5-2-1-4-10(12)11-8-13(11)6-3-7-15-9-13/h1-2,4-5,11,15H,3,6-9H2. The monoisotopic (exact) mass is 221 g/mol. The van der Waals surface area contributed by atoms with E-state index in [0.29, 0.717) is 11.3 Å². The van der Waals surface area contributed by atoms with Gasteiger partial charge in [0.1, 0.15) is 0 Å². The maximum Gasteiger partial charge on any atom is 0.0441 e. The highest BCUT2D eigenvalue weighted by atomic mass is 35.5. The van der Waals surface area contributed by atoms with Gasteiger partial charge in [-0.1, -0.05) is 29.8 Å². The summed E-state index contributed by atoms with van der Waals surface area (Å²) >= 11 is 6.24. The van der Waals surface area contributed by atoms with Crippen molar-refractivity contribution in [1.82, 2.24) is 5.32 Å². The van der Waals surface area contributed by atoms with Gasteiger partial charge in [0, 0.05) is 11.6 Å². The lowest BCUT2D eigenvalue weighted by Gasteiger charge is -2.24. The fourth-order valence-electron chi connectivity index (χ4n) is 3.01. The van der Waals surface area contributed by atoms with Gasteiger partial charge in [-0.25, -0.2) is 0 Å². The smallest absolute Gasteiger partial charge is 0.0441 e. The van der Waals surface area contributed by atoms with E-state index in [9.17, 15) is 0 Å². The minimum absolute atomic E-state index is 0.545. The first-order valence-electron chi connectivity index (χ1n) is 5.77. The van der Waals surface area contributed by atoms with Crippen molar-refractivity contribution in [1.29, 1.82) is 0 Å². The molecule has 80 valence electrons.